The third kappa shape index (κ3) is 5.62. The second-order valence-corrected chi connectivity index (χ2v) is 9.34. The molecule has 4 rings (SSSR count). The number of amides is 1. The highest BCUT2D eigenvalue weighted by Gasteiger charge is 2.17. The largest absolute Gasteiger partial charge is 0.379 e. The van der Waals surface area contributed by atoms with Crippen LogP contribution in [0, 0.1) is 13.8 Å². The van der Waals surface area contributed by atoms with Crippen LogP contribution >= 0.6 is 11.3 Å². The van der Waals surface area contributed by atoms with Crippen LogP contribution in [0.5, 0.6) is 0 Å². The van der Waals surface area contributed by atoms with Crippen molar-refractivity contribution < 1.29 is 9.53 Å². The number of benzene rings is 1. The zero-order valence-electron chi connectivity index (χ0n) is 18.8. The molecule has 1 aliphatic heterocycles. The van der Waals surface area contributed by atoms with E-state index in [1.165, 1.54) is 16.0 Å². The fourth-order valence-corrected chi connectivity index (χ4v) is 5.00. The first kappa shape index (κ1) is 22.6. The van der Waals surface area contributed by atoms with E-state index in [1.807, 2.05) is 0 Å². The zero-order chi connectivity index (χ0) is 22.3. The van der Waals surface area contributed by atoms with Crippen LogP contribution in [0.4, 0.5) is 5.82 Å². The second-order valence-electron chi connectivity index (χ2n) is 8.14. The first-order chi connectivity index (χ1) is 15.6. The van der Waals surface area contributed by atoms with Gasteiger partial charge in [0.05, 0.1) is 18.6 Å². The van der Waals surface area contributed by atoms with E-state index < -0.39 is 0 Å². The lowest BCUT2D eigenvalue weighted by atomic mass is 10.0. The van der Waals surface area contributed by atoms with E-state index in [1.54, 1.807) is 17.7 Å². The first-order valence-corrected chi connectivity index (χ1v) is 12.1. The van der Waals surface area contributed by atoms with Crippen LogP contribution < -0.4 is 10.6 Å². The molecule has 1 aliphatic rings. The molecule has 1 saturated heterocycles. The van der Waals surface area contributed by atoms with Gasteiger partial charge in [0.2, 0.25) is 5.91 Å². The molecule has 1 amide bonds. The van der Waals surface area contributed by atoms with E-state index in [0.717, 1.165) is 60.9 Å². The molecule has 7 nitrogen and oxygen atoms in total. The van der Waals surface area contributed by atoms with Gasteiger partial charge in [-0.2, -0.15) is 0 Å². The van der Waals surface area contributed by atoms with Crippen molar-refractivity contribution in [2.24, 2.45) is 0 Å². The molecule has 170 valence electrons. The number of carbonyl (C=O) groups excluding carboxylic acids is 1. The van der Waals surface area contributed by atoms with E-state index in [4.69, 9.17) is 4.74 Å². The number of carbonyl (C=O) groups is 1. The van der Waals surface area contributed by atoms with Crippen LogP contribution in [0.2, 0.25) is 0 Å². The van der Waals surface area contributed by atoms with Gasteiger partial charge in [-0.05, 0) is 32.4 Å². The van der Waals surface area contributed by atoms with Crippen LogP contribution in [0.1, 0.15) is 23.3 Å². The summed E-state index contributed by atoms with van der Waals surface area (Å²) in [4.78, 5) is 25.8. The van der Waals surface area contributed by atoms with Gasteiger partial charge in [0.15, 0.2) is 0 Å². The number of anilines is 1. The van der Waals surface area contributed by atoms with E-state index in [9.17, 15) is 4.79 Å². The maximum atomic E-state index is 12.3. The summed E-state index contributed by atoms with van der Waals surface area (Å²) in [7, 11) is 0. The molecule has 1 aromatic carbocycles. The normalized spacial score (nSPS) is 14.6. The summed E-state index contributed by atoms with van der Waals surface area (Å²) in [5.74, 6) is 0.847. The minimum Gasteiger partial charge on any atom is -0.379 e. The summed E-state index contributed by atoms with van der Waals surface area (Å²) < 4.78 is 5.36. The Morgan fingerprint density at radius 3 is 2.69 bits per heavy atom. The third-order valence-corrected chi connectivity index (χ3v) is 6.74. The Morgan fingerprint density at radius 2 is 1.91 bits per heavy atom. The van der Waals surface area contributed by atoms with Gasteiger partial charge >= 0.3 is 0 Å². The fourth-order valence-electron chi connectivity index (χ4n) is 3.98. The summed E-state index contributed by atoms with van der Waals surface area (Å²) in [5.41, 5.74) is 3.56. The molecule has 1 fully saturated rings. The molecule has 2 aromatic heterocycles. The van der Waals surface area contributed by atoms with E-state index in [2.05, 4.69) is 63.6 Å². The molecule has 0 unspecified atom stereocenters. The second kappa shape index (κ2) is 10.8. The molecule has 8 heteroatoms. The molecule has 0 spiro atoms. The van der Waals surface area contributed by atoms with Gasteiger partial charge in [0.1, 0.15) is 17.0 Å². The number of ether oxygens (including phenoxy) is 1. The zero-order valence-corrected chi connectivity index (χ0v) is 19.6. The number of nitrogens with zero attached hydrogens (tertiary/aromatic N) is 3. The molecular weight excluding hydrogens is 422 g/mol. The fraction of sp³-hybridized carbons (Fsp3) is 0.458. The van der Waals surface area contributed by atoms with Crippen molar-refractivity contribution in [1.82, 2.24) is 20.2 Å². The van der Waals surface area contributed by atoms with Crippen molar-refractivity contribution in [3.8, 4) is 11.1 Å². The van der Waals surface area contributed by atoms with E-state index in [0.29, 0.717) is 19.5 Å². The van der Waals surface area contributed by atoms with Gasteiger partial charge in [-0.25, -0.2) is 9.97 Å². The number of hydrogen-bond donors (Lipinski definition) is 2. The summed E-state index contributed by atoms with van der Waals surface area (Å²) in [6, 6.07) is 8.53. The van der Waals surface area contributed by atoms with Crippen molar-refractivity contribution in [3.05, 3.63) is 41.0 Å². The molecule has 2 N–H and O–H groups in total. The number of nitrogens with one attached hydrogen (secondary N) is 2. The Bertz CT molecular complexity index is 1040. The molecule has 0 saturated carbocycles. The van der Waals surface area contributed by atoms with E-state index >= 15 is 0 Å². The first-order valence-electron chi connectivity index (χ1n) is 11.2. The van der Waals surface area contributed by atoms with Gasteiger partial charge in [0.25, 0.3) is 0 Å². The predicted molar refractivity (Wildman–Crippen MR) is 130 cm³/mol. The van der Waals surface area contributed by atoms with Crippen LogP contribution in [-0.2, 0) is 9.53 Å². The van der Waals surface area contributed by atoms with Crippen molar-refractivity contribution >= 4 is 33.3 Å². The summed E-state index contributed by atoms with van der Waals surface area (Å²) in [5, 5.41) is 7.43. The van der Waals surface area contributed by atoms with Crippen molar-refractivity contribution in [3.63, 3.8) is 0 Å². The van der Waals surface area contributed by atoms with Gasteiger partial charge < -0.3 is 15.4 Å². The number of aromatic nitrogens is 2. The summed E-state index contributed by atoms with van der Waals surface area (Å²) >= 11 is 1.67. The molecule has 3 heterocycles. The van der Waals surface area contributed by atoms with Crippen molar-refractivity contribution in [2.45, 2.75) is 26.7 Å². The molecule has 0 bridgehead atoms. The average molecular weight is 454 g/mol. The maximum Gasteiger partial charge on any atom is 0.221 e. The Morgan fingerprint density at radius 1 is 1.12 bits per heavy atom. The Labute approximate surface area is 193 Å². The minimum absolute atomic E-state index is 0.0602. The monoisotopic (exact) mass is 453 g/mol. The highest BCUT2D eigenvalue weighted by Crippen LogP contribution is 2.40. The number of hydrogen-bond acceptors (Lipinski definition) is 7. The van der Waals surface area contributed by atoms with Crippen molar-refractivity contribution in [2.75, 3.05) is 51.3 Å². The lowest BCUT2D eigenvalue weighted by Crippen LogP contribution is -2.38. The molecule has 0 aliphatic carbocycles. The number of thiophene rings is 1. The quantitative estimate of drug-likeness (QED) is 0.482. The number of fused-ring (bicyclic) bond motifs is 1. The predicted octanol–water partition coefficient (Wildman–Crippen LogP) is 3.62. The average Bonchev–Trinajstić information content (AvgIpc) is 3.14. The lowest BCUT2D eigenvalue weighted by molar-refractivity contribution is -0.120. The Hall–Kier alpha value is -2.55. The summed E-state index contributed by atoms with van der Waals surface area (Å²) in [6.07, 6.45) is 2.96. The topological polar surface area (TPSA) is 79.4 Å². The molecule has 3 aromatic rings. The van der Waals surface area contributed by atoms with Crippen LogP contribution in [0.3, 0.4) is 0 Å². The van der Waals surface area contributed by atoms with Gasteiger partial charge in [-0.1, -0.05) is 29.8 Å². The molecular formula is C24H31N5O2S. The highest BCUT2D eigenvalue weighted by molar-refractivity contribution is 7.19. The van der Waals surface area contributed by atoms with Gasteiger partial charge in [-0.15, -0.1) is 11.3 Å². The van der Waals surface area contributed by atoms with Crippen LogP contribution in [0.15, 0.2) is 30.6 Å². The lowest BCUT2D eigenvalue weighted by Gasteiger charge is -2.26. The van der Waals surface area contributed by atoms with E-state index in [-0.39, 0.29) is 5.91 Å². The van der Waals surface area contributed by atoms with Gasteiger partial charge in [0, 0.05) is 43.0 Å². The standard InChI is InChI=1S/C24H31N5O2S/c1-17-4-6-19(7-5-17)21-18(2)32-24-22(21)23(27-16-28-24)26-10-8-20(30)25-9-3-11-29-12-14-31-15-13-29/h4-7,16H,3,8-15H2,1-2H3,(H,25,30)(H,26,27,28). The smallest absolute Gasteiger partial charge is 0.221 e. The SMILES string of the molecule is Cc1ccc(-c2c(C)sc3ncnc(NCCC(=O)NCCCN4CCOCC4)c23)cc1. The maximum absolute atomic E-state index is 12.3. The Kier molecular flexibility index (Phi) is 7.68. The highest BCUT2D eigenvalue weighted by atomic mass is 32.1. The molecule has 0 atom stereocenters. The third-order valence-electron chi connectivity index (χ3n) is 5.73. The van der Waals surface area contributed by atoms with Crippen LogP contribution in [-0.4, -0.2) is 66.7 Å². The Balaban J connectivity index is 1.32. The number of rotatable bonds is 9. The number of morpholine rings is 1. The van der Waals surface area contributed by atoms with Gasteiger partial charge in [-0.3, -0.25) is 9.69 Å². The summed E-state index contributed by atoms with van der Waals surface area (Å²) in [6.45, 7) is 10.0. The minimum atomic E-state index is 0.0602. The van der Waals surface area contributed by atoms with Crippen molar-refractivity contribution in [1.29, 1.82) is 0 Å². The van der Waals surface area contributed by atoms with Crippen LogP contribution in [0.25, 0.3) is 21.3 Å². The number of aryl methyl sites for hydroxylation is 2. The molecule has 32 heavy (non-hydrogen) atoms. The molecule has 0 radical (unpaired) electrons.